The largest absolute Gasteiger partial charge is 0.371 e. The van der Waals surface area contributed by atoms with E-state index in [4.69, 9.17) is 9.72 Å². The Morgan fingerprint density at radius 2 is 2.07 bits per heavy atom. The number of ether oxygens (including phenoxy) is 1. The molecule has 0 fully saturated rings. The summed E-state index contributed by atoms with van der Waals surface area (Å²) >= 11 is 0. The Kier molecular flexibility index (Phi) is 8.07. The third-order valence-corrected chi connectivity index (χ3v) is 4.16. The monoisotopic (exact) mass is 383 g/mol. The van der Waals surface area contributed by atoms with Gasteiger partial charge >= 0.3 is 0 Å². The second-order valence-corrected chi connectivity index (χ2v) is 6.64. The quantitative estimate of drug-likeness (QED) is 0.669. The first-order valence-electron chi connectivity index (χ1n) is 9.46. The van der Waals surface area contributed by atoms with Gasteiger partial charge in [-0.05, 0) is 25.0 Å². The van der Waals surface area contributed by atoms with E-state index in [-0.39, 0.29) is 18.6 Å². The fourth-order valence-electron chi connectivity index (χ4n) is 2.48. The molecule has 2 rings (SSSR count). The number of hydrogen-bond donors (Lipinski definition) is 1. The maximum atomic E-state index is 11.7. The first-order chi connectivity index (χ1) is 13.5. The van der Waals surface area contributed by atoms with Gasteiger partial charge in [0.25, 0.3) is 0 Å². The summed E-state index contributed by atoms with van der Waals surface area (Å²) in [6, 6.07) is 1.94. The molecule has 0 saturated heterocycles. The molecule has 0 aliphatic carbocycles. The van der Waals surface area contributed by atoms with Crippen molar-refractivity contribution >= 4 is 28.3 Å². The highest BCUT2D eigenvalue weighted by molar-refractivity contribution is 5.88. The maximum Gasteiger partial charge on any atom is 0.248 e. The molecule has 0 radical (unpaired) electrons. The highest BCUT2D eigenvalue weighted by Crippen LogP contribution is 2.24. The SMILES string of the molecule is CCCC=C(/C=C\C(C)OCC(=O)N(C)C)c1cc2nccnc2c(NC)n1. The standard InChI is InChI=1S/C21H29N5O2/c1-6-7-8-16(10-9-15(2)28-14-19(27)26(4)5)17-13-18-20(21(22-3)25-17)24-12-11-23-18/h8-13,15H,6-7,14H2,1-5H3,(H,22,25)/b10-9-,16-8?. The number of nitrogens with one attached hydrogen (secondary N) is 1. The van der Waals surface area contributed by atoms with Crippen LogP contribution in [0.25, 0.3) is 16.6 Å². The first-order valence-corrected chi connectivity index (χ1v) is 9.46. The molecule has 1 N–H and O–H groups in total. The van der Waals surface area contributed by atoms with Crippen LogP contribution in [0.3, 0.4) is 0 Å². The minimum atomic E-state index is -0.196. The Labute approximate surface area is 166 Å². The van der Waals surface area contributed by atoms with Gasteiger partial charge in [-0.3, -0.25) is 9.78 Å². The minimum absolute atomic E-state index is 0.0558. The molecular weight excluding hydrogens is 354 g/mol. The Morgan fingerprint density at radius 1 is 1.32 bits per heavy atom. The minimum Gasteiger partial charge on any atom is -0.371 e. The zero-order valence-electron chi connectivity index (χ0n) is 17.3. The molecule has 2 heterocycles. The molecule has 0 aliphatic rings. The fourth-order valence-corrected chi connectivity index (χ4v) is 2.48. The van der Waals surface area contributed by atoms with E-state index in [1.807, 2.05) is 32.2 Å². The fraction of sp³-hybridized carbons (Fsp3) is 0.429. The second-order valence-electron chi connectivity index (χ2n) is 6.64. The van der Waals surface area contributed by atoms with Crippen LogP contribution in [0.1, 0.15) is 32.4 Å². The number of rotatable bonds is 9. The number of hydrogen-bond acceptors (Lipinski definition) is 6. The number of carbonyl (C=O) groups excluding carboxylic acids is 1. The molecule has 1 amide bonds. The number of allylic oxidation sites excluding steroid dienone is 3. The number of amides is 1. The number of likely N-dealkylation sites (N-methyl/N-ethyl adjacent to an activating group) is 1. The van der Waals surface area contributed by atoms with Crippen LogP contribution in [0, 0.1) is 0 Å². The number of anilines is 1. The molecule has 1 atom stereocenters. The number of carbonyl (C=O) groups is 1. The topological polar surface area (TPSA) is 80.2 Å². The lowest BCUT2D eigenvalue weighted by atomic mass is 10.1. The van der Waals surface area contributed by atoms with Crippen LogP contribution in [-0.4, -0.2) is 59.6 Å². The van der Waals surface area contributed by atoms with Crippen molar-refractivity contribution < 1.29 is 9.53 Å². The Bertz CT molecular complexity index is 861. The van der Waals surface area contributed by atoms with Crippen LogP contribution in [0.2, 0.25) is 0 Å². The first kappa shape index (κ1) is 21.5. The lowest BCUT2D eigenvalue weighted by molar-refractivity contribution is -0.134. The van der Waals surface area contributed by atoms with E-state index < -0.39 is 0 Å². The predicted molar refractivity (Wildman–Crippen MR) is 113 cm³/mol. The number of nitrogens with zero attached hydrogens (tertiary/aromatic N) is 4. The van der Waals surface area contributed by atoms with E-state index in [0.717, 1.165) is 35.1 Å². The molecule has 0 bridgehead atoms. The third-order valence-electron chi connectivity index (χ3n) is 4.16. The zero-order valence-corrected chi connectivity index (χ0v) is 17.3. The lowest BCUT2D eigenvalue weighted by Gasteiger charge is -2.13. The summed E-state index contributed by atoms with van der Waals surface area (Å²) < 4.78 is 5.61. The van der Waals surface area contributed by atoms with Crippen LogP contribution in [0.15, 0.2) is 36.7 Å². The van der Waals surface area contributed by atoms with Crippen LogP contribution >= 0.6 is 0 Å². The van der Waals surface area contributed by atoms with Gasteiger partial charge in [0.1, 0.15) is 12.1 Å². The summed E-state index contributed by atoms with van der Waals surface area (Å²) in [5, 5.41) is 3.10. The second kappa shape index (κ2) is 10.5. The van der Waals surface area contributed by atoms with Crippen molar-refractivity contribution in [1.29, 1.82) is 0 Å². The molecule has 0 spiro atoms. The smallest absolute Gasteiger partial charge is 0.248 e. The van der Waals surface area contributed by atoms with Crippen LogP contribution < -0.4 is 5.32 Å². The molecule has 0 aliphatic heterocycles. The van der Waals surface area contributed by atoms with E-state index >= 15 is 0 Å². The Hall–Kier alpha value is -2.80. The summed E-state index contributed by atoms with van der Waals surface area (Å²) in [5.41, 5.74) is 3.33. The van der Waals surface area contributed by atoms with Gasteiger partial charge in [-0.2, -0.15) is 0 Å². The van der Waals surface area contributed by atoms with Gasteiger partial charge in [0, 0.05) is 33.5 Å². The van der Waals surface area contributed by atoms with Crippen LogP contribution in [-0.2, 0) is 9.53 Å². The Balaban J connectivity index is 2.26. The van der Waals surface area contributed by atoms with Gasteiger partial charge in [0.05, 0.1) is 17.3 Å². The van der Waals surface area contributed by atoms with Gasteiger partial charge in [0.15, 0.2) is 5.82 Å². The Morgan fingerprint density at radius 3 is 2.75 bits per heavy atom. The van der Waals surface area contributed by atoms with Crippen LogP contribution in [0.4, 0.5) is 5.82 Å². The van der Waals surface area contributed by atoms with E-state index in [2.05, 4.69) is 28.3 Å². The number of unbranched alkanes of at least 4 members (excludes halogenated alkanes) is 1. The highest BCUT2D eigenvalue weighted by Gasteiger charge is 2.10. The summed E-state index contributed by atoms with van der Waals surface area (Å²) in [6.07, 6.45) is 11.2. The molecule has 2 aromatic heterocycles. The average molecular weight is 383 g/mol. The summed E-state index contributed by atoms with van der Waals surface area (Å²) in [7, 11) is 5.25. The molecule has 150 valence electrons. The molecular formula is C21H29N5O2. The van der Waals surface area contributed by atoms with Gasteiger partial charge in [-0.15, -0.1) is 0 Å². The van der Waals surface area contributed by atoms with Crippen molar-refractivity contribution in [3.8, 4) is 0 Å². The van der Waals surface area contributed by atoms with Crippen molar-refractivity contribution in [3.63, 3.8) is 0 Å². The molecule has 0 aromatic carbocycles. The van der Waals surface area contributed by atoms with Gasteiger partial charge in [-0.25, -0.2) is 9.97 Å². The van der Waals surface area contributed by atoms with Gasteiger partial charge in [0.2, 0.25) is 5.91 Å². The normalized spacial score (nSPS) is 13.1. The van der Waals surface area contributed by atoms with Crippen molar-refractivity contribution in [2.75, 3.05) is 33.1 Å². The lowest BCUT2D eigenvalue weighted by Crippen LogP contribution is -2.27. The molecule has 0 saturated carbocycles. The summed E-state index contributed by atoms with van der Waals surface area (Å²) in [5.74, 6) is 0.632. The number of fused-ring (bicyclic) bond motifs is 1. The van der Waals surface area contributed by atoms with Crippen molar-refractivity contribution in [2.24, 2.45) is 0 Å². The van der Waals surface area contributed by atoms with E-state index in [9.17, 15) is 4.79 Å². The molecule has 7 nitrogen and oxygen atoms in total. The molecule has 28 heavy (non-hydrogen) atoms. The van der Waals surface area contributed by atoms with Gasteiger partial charge < -0.3 is 15.0 Å². The third kappa shape index (κ3) is 5.85. The van der Waals surface area contributed by atoms with Crippen molar-refractivity contribution in [2.45, 2.75) is 32.8 Å². The van der Waals surface area contributed by atoms with E-state index in [0.29, 0.717) is 5.82 Å². The number of pyridine rings is 1. The van der Waals surface area contributed by atoms with Crippen molar-refractivity contribution in [1.82, 2.24) is 19.9 Å². The van der Waals surface area contributed by atoms with E-state index in [1.54, 1.807) is 26.5 Å². The summed E-state index contributed by atoms with van der Waals surface area (Å²) in [4.78, 5) is 26.7. The maximum absolute atomic E-state index is 11.7. The predicted octanol–water partition coefficient (Wildman–Crippen LogP) is 3.30. The summed E-state index contributed by atoms with van der Waals surface area (Å²) in [6.45, 7) is 4.10. The van der Waals surface area contributed by atoms with Crippen LogP contribution in [0.5, 0.6) is 0 Å². The average Bonchev–Trinajstić information content (AvgIpc) is 2.71. The molecule has 2 aromatic rings. The van der Waals surface area contributed by atoms with Crippen molar-refractivity contribution in [3.05, 3.63) is 42.4 Å². The zero-order chi connectivity index (χ0) is 20.5. The number of aromatic nitrogens is 3. The highest BCUT2D eigenvalue weighted by atomic mass is 16.5. The molecule has 1 unspecified atom stereocenters. The molecule has 7 heteroatoms. The van der Waals surface area contributed by atoms with E-state index in [1.165, 1.54) is 4.90 Å². The van der Waals surface area contributed by atoms with Gasteiger partial charge in [-0.1, -0.05) is 31.6 Å².